The fraction of sp³-hybridized carbons (Fsp3) is 0.440. The van der Waals surface area contributed by atoms with E-state index in [9.17, 15) is 4.79 Å². The number of nitriles is 1. The summed E-state index contributed by atoms with van der Waals surface area (Å²) in [5, 5.41) is 16.7. The number of carbonyl (C=O) groups excluding carboxylic acids is 1. The number of anilines is 3. The first-order chi connectivity index (χ1) is 18.4. The van der Waals surface area contributed by atoms with Gasteiger partial charge in [0.25, 0.3) is 11.8 Å². The van der Waals surface area contributed by atoms with Crippen LogP contribution in [0.4, 0.5) is 17.7 Å². The number of likely N-dealkylation sites (tertiary alicyclic amines) is 1. The van der Waals surface area contributed by atoms with Crippen molar-refractivity contribution >= 4 is 35.2 Å². The van der Waals surface area contributed by atoms with E-state index in [1.165, 1.54) is 0 Å². The molecule has 1 atom stereocenters. The van der Waals surface area contributed by atoms with Crippen LogP contribution in [-0.4, -0.2) is 80.7 Å². The number of nitrogens with two attached hydrogens (primary N) is 2. The fourth-order valence-corrected chi connectivity index (χ4v) is 5.53. The lowest BCUT2D eigenvalue weighted by Gasteiger charge is -2.47. The molecule has 0 aliphatic carbocycles. The van der Waals surface area contributed by atoms with Crippen LogP contribution in [0.15, 0.2) is 28.7 Å². The van der Waals surface area contributed by atoms with E-state index >= 15 is 0 Å². The van der Waals surface area contributed by atoms with Gasteiger partial charge in [-0.15, -0.1) is 5.10 Å². The molecule has 2 aromatic heterocycles. The van der Waals surface area contributed by atoms with Gasteiger partial charge in [-0.05, 0) is 43.5 Å². The molecule has 0 saturated carbocycles. The third-order valence-electron chi connectivity index (χ3n) is 7.29. The van der Waals surface area contributed by atoms with Gasteiger partial charge < -0.3 is 25.7 Å². The van der Waals surface area contributed by atoms with Crippen LogP contribution in [0.2, 0.25) is 5.15 Å². The van der Waals surface area contributed by atoms with Crippen molar-refractivity contribution in [3.63, 3.8) is 0 Å². The molecule has 5 rings (SSSR count). The van der Waals surface area contributed by atoms with E-state index in [-0.39, 0.29) is 34.5 Å². The number of carbonyl (C=O) groups is 1. The molecule has 2 aliphatic heterocycles. The van der Waals surface area contributed by atoms with Crippen LogP contribution in [0.3, 0.4) is 0 Å². The van der Waals surface area contributed by atoms with Gasteiger partial charge in [-0.1, -0.05) is 23.6 Å². The molecule has 2 fully saturated rings. The average molecular weight is 537 g/mol. The second-order valence-corrected chi connectivity index (χ2v) is 9.83. The van der Waals surface area contributed by atoms with Crippen LogP contribution >= 0.6 is 11.6 Å². The Morgan fingerprint density at radius 3 is 2.50 bits per heavy atom. The monoisotopic (exact) mass is 536 g/mol. The van der Waals surface area contributed by atoms with Gasteiger partial charge in [0, 0.05) is 50.4 Å². The van der Waals surface area contributed by atoms with Crippen molar-refractivity contribution in [2.45, 2.75) is 38.3 Å². The van der Waals surface area contributed by atoms with Crippen LogP contribution in [0, 0.1) is 11.3 Å². The summed E-state index contributed by atoms with van der Waals surface area (Å²) in [7, 11) is 0. The van der Waals surface area contributed by atoms with Gasteiger partial charge in [-0.25, -0.2) is 9.97 Å². The Morgan fingerprint density at radius 1 is 1.13 bits per heavy atom. The second-order valence-electron chi connectivity index (χ2n) is 9.48. The number of amides is 1. The molecule has 13 heteroatoms. The summed E-state index contributed by atoms with van der Waals surface area (Å²) in [5.41, 5.74) is 13.0. The SMILES string of the molecule is CC[C@H]1CN(c2nc(N)c(-c3nnc(N)o3)nc2Cl)CCN1C1CCN(C(=O)c2ccc(C#N)cc2)CC1. The second kappa shape index (κ2) is 10.8. The fourth-order valence-electron chi connectivity index (χ4n) is 5.28. The largest absolute Gasteiger partial charge is 0.402 e. The number of hydrogen-bond donors (Lipinski definition) is 2. The van der Waals surface area contributed by atoms with Crippen molar-refractivity contribution < 1.29 is 9.21 Å². The first-order valence-electron chi connectivity index (χ1n) is 12.6. The number of nitrogens with zero attached hydrogens (tertiary/aromatic N) is 8. The van der Waals surface area contributed by atoms with Crippen LogP contribution in [-0.2, 0) is 0 Å². The van der Waals surface area contributed by atoms with Crippen LogP contribution in [0.25, 0.3) is 11.6 Å². The number of hydrogen-bond acceptors (Lipinski definition) is 11. The summed E-state index contributed by atoms with van der Waals surface area (Å²) in [6.07, 6.45) is 2.78. The lowest BCUT2D eigenvalue weighted by molar-refractivity contribution is 0.0491. The number of aromatic nitrogens is 4. The molecular weight excluding hydrogens is 508 g/mol. The molecule has 198 valence electrons. The Hall–Kier alpha value is -3.95. The van der Waals surface area contributed by atoms with Crippen LogP contribution in [0.5, 0.6) is 0 Å². The van der Waals surface area contributed by atoms with E-state index in [0.29, 0.717) is 42.1 Å². The topological polar surface area (TPSA) is 167 Å². The van der Waals surface area contributed by atoms with Crippen molar-refractivity contribution in [1.82, 2.24) is 30.0 Å². The van der Waals surface area contributed by atoms with Gasteiger partial charge in [0.1, 0.15) is 0 Å². The summed E-state index contributed by atoms with van der Waals surface area (Å²) in [5.74, 6) is 0.757. The first kappa shape index (κ1) is 25.7. The Kier molecular flexibility index (Phi) is 7.31. The molecule has 4 N–H and O–H groups in total. The average Bonchev–Trinajstić information content (AvgIpc) is 3.39. The molecular formula is C25H29ClN10O2. The van der Waals surface area contributed by atoms with E-state index in [1.54, 1.807) is 24.3 Å². The molecule has 1 aromatic carbocycles. The number of benzene rings is 1. The third-order valence-corrected chi connectivity index (χ3v) is 7.54. The minimum atomic E-state index is -0.0900. The third kappa shape index (κ3) is 5.07. The predicted molar refractivity (Wildman–Crippen MR) is 142 cm³/mol. The summed E-state index contributed by atoms with van der Waals surface area (Å²) in [6, 6.07) is 9.51. The lowest BCUT2D eigenvalue weighted by Crippen LogP contribution is -2.58. The van der Waals surface area contributed by atoms with Crippen molar-refractivity contribution in [3.05, 3.63) is 40.5 Å². The summed E-state index contributed by atoms with van der Waals surface area (Å²) < 4.78 is 5.22. The highest BCUT2D eigenvalue weighted by molar-refractivity contribution is 6.32. The Bertz CT molecular complexity index is 1350. The normalized spacial score (nSPS) is 18.9. The molecule has 0 spiro atoms. The zero-order valence-electron chi connectivity index (χ0n) is 21.0. The molecule has 1 amide bonds. The predicted octanol–water partition coefficient (Wildman–Crippen LogP) is 2.42. The lowest BCUT2D eigenvalue weighted by atomic mass is 9.97. The van der Waals surface area contributed by atoms with E-state index < -0.39 is 0 Å². The van der Waals surface area contributed by atoms with Gasteiger partial charge in [-0.2, -0.15) is 5.26 Å². The zero-order valence-corrected chi connectivity index (χ0v) is 21.8. The molecule has 2 saturated heterocycles. The van der Waals surface area contributed by atoms with Gasteiger partial charge in [0.2, 0.25) is 0 Å². The minimum absolute atomic E-state index is 0.0160. The highest BCUT2D eigenvalue weighted by atomic mass is 35.5. The molecule has 38 heavy (non-hydrogen) atoms. The molecule has 12 nitrogen and oxygen atoms in total. The summed E-state index contributed by atoms with van der Waals surface area (Å²) in [6.45, 7) is 5.89. The molecule has 2 aliphatic rings. The summed E-state index contributed by atoms with van der Waals surface area (Å²) in [4.78, 5) is 28.4. The van der Waals surface area contributed by atoms with Gasteiger partial charge in [0.15, 0.2) is 22.5 Å². The maximum atomic E-state index is 12.9. The number of rotatable bonds is 5. The molecule has 3 aromatic rings. The van der Waals surface area contributed by atoms with E-state index in [0.717, 1.165) is 38.9 Å². The highest BCUT2D eigenvalue weighted by Crippen LogP contribution is 2.32. The maximum absolute atomic E-state index is 12.9. The Morgan fingerprint density at radius 2 is 1.87 bits per heavy atom. The maximum Gasteiger partial charge on any atom is 0.313 e. The van der Waals surface area contributed by atoms with Crippen molar-refractivity contribution in [1.29, 1.82) is 5.26 Å². The minimum Gasteiger partial charge on any atom is -0.402 e. The highest BCUT2D eigenvalue weighted by Gasteiger charge is 2.35. The van der Waals surface area contributed by atoms with Gasteiger partial charge in [0.05, 0.1) is 11.6 Å². The van der Waals surface area contributed by atoms with Crippen molar-refractivity contribution in [2.75, 3.05) is 49.1 Å². The smallest absolute Gasteiger partial charge is 0.313 e. The van der Waals surface area contributed by atoms with E-state index in [4.69, 9.17) is 32.7 Å². The number of piperazine rings is 1. The zero-order chi connectivity index (χ0) is 26.8. The van der Waals surface area contributed by atoms with Crippen LogP contribution in [0.1, 0.15) is 42.1 Å². The molecule has 0 radical (unpaired) electrons. The molecule has 0 bridgehead atoms. The molecule has 0 unspecified atom stereocenters. The molecule has 4 heterocycles. The van der Waals surface area contributed by atoms with Crippen molar-refractivity contribution in [2.24, 2.45) is 0 Å². The van der Waals surface area contributed by atoms with Gasteiger partial charge in [-0.3, -0.25) is 9.69 Å². The van der Waals surface area contributed by atoms with E-state index in [2.05, 4.69) is 43.0 Å². The number of nitrogen functional groups attached to an aromatic ring is 2. The van der Waals surface area contributed by atoms with Crippen LogP contribution < -0.4 is 16.4 Å². The standard InChI is InChI=1S/C25H29ClN10O2/c1-2-17-14-35(22-20(26)30-19(21(28)31-22)23-32-33-25(29)38-23)11-12-36(17)18-7-9-34(10-8-18)24(37)16-5-3-15(13-27)4-6-16/h3-6,17-18H,2,7-12,14H2,1H3,(H2,28,31)(H2,29,33)/t17-/m0/s1. The van der Waals surface area contributed by atoms with E-state index in [1.807, 2.05) is 4.90 Å². The summed E-state index contributed by atoms with van der Waals surface area (Å²) >= 11 is 6.52. The quantitative estimate of drug-likeness (QED) is 0.491. The van der Waals surface area contributed by atoms with Gasteiger partial charge >= 0.3 is 6.01 Å². The number of halogens is 1. The Balaban J connectivity index is 1.22. The first-order valence-corrected chi connectivity index (χ1v) is 13.0. The van der Waals surface area contributed by atoms with Crippen molar-refractivity contribution in [3.8, 4) is 17.7 Å². The number of piperidine rings is 1. The Labute approximate surface area is 225 Å².